The molecule has 0 saturated carbocycles. The smallest absolute Gasteiger partial charge is 0.403 e. The number of nitrogens with zero attached hydrogens (tertiary/aromatic N) is 10. The predicted octanol–water partition coefficient (Wildman–Crippen LogP) is -1.83. The molecule has 2 heterocycles. The van der Waals surface area contributed by atoms with Gasteiger partial charge >= 0.3 is 11.9 Å². The lowest BCUT2D eigenvalue weighted by atomic mass is 10.2. The van der Waals surface area contributed by atoms with Crippen molar-refractivity contribution in [2.24, 2.45) is 48.6 Å². The average Bonchev–Trinajstić information content (AvgIpc) is 3.37. The largest absolute Gasteiger partial charge is 1.00 e. The summed E-state index contributed by atoms with van der Waals surface area (Å²) in [6.07, 6.45) is 4.38. The first-order valence-corrected chi connectivity index (χ1v) is 12.1. The summed E-state index contributed by atoms with van der Waals surface area (Å²) in [6, 6.07) is 12.2. The zero-order chi connectivity index (χ0) is 26.4. The fraction of sp³-hybridized carbons (Fsp3) is 0.360. The van der Waals surface area contributed by atoms with Crippen LogP contribution >= 0.6 is 0 Å². The number of hydrogen-bond donors (Lipinski definition) is 2. The second-order valence-corrected chi connectivity index (χ2v) is 8.94. The maximum absolute atomic E-state index is 4.39. The van der Waals surface area contributed by atoms with Crippen molar-refractivity contribution in [3.05, 3.63) is 60.2 Å². The van der Waals surface area contributed by atoms with Crippen molar-refractivity contribution in [1.29, 1.82) is 0 Å². The van der Waals surface area contributed by atoms with E-state index < -0.39 is 0 Å². The molecule has 0 saturated heterocycles. The van der Waals surface area contributed by atoms with E-state index in [1.54, 1.807) is 22.0 Å². The standard InChI is InChI=1S/C25H32N12.2ClH/c1-18-14-20(8-10-22(18)30-32-24-34(3)16-28-36(24)5)26-12-7-13-27-21-9-11-23(19(2)15-21)31-33-25-35(4)17-29-37(25)6;;/h8-11,14-17H,7,12-13H2,1-6H3;2*1H. The summed E-state index contributed by atoms with van der Waals surface area (Å²) in [5.41, 5.74) is 5.91. The van der Waals surface area contributed by atoms with Gasteiger partial charge in [-0.2, -0.15) is 0 Å². The summed E-state index contributed by atoms with van der Waals surface area (Å²) in [6.45, 7) is 5.77. The van der Waals surface area contributed by atoms with Crippen LogP contribution in [0, 0.1) is 13.8 Å². The van der Waals surface area contributed by atoms with Crippen LogP contribution in [-0.4, -0.2) is 32.7 Å². The zero-order valence-corrected chi connectivity index (χ0v) is 24.5. The van der Waals surface area contributed by atoms with Crippen LogP contribution in [0.5, 0.6) is 0 Å². The minimum Gasteiger partial charge on any atom is -1.00 e. The quantitative estimate of drug-likeness (QED) is 0.132. The molecule has 0 spiro atoms. The fourth-order valence-corrected chi connectivity index (χ4v) is 3.75. The molecule has 208 valence electrons. The van der Waals surface area contributed by atoms with E-state index in [1.807, 2.05) is 75.4 Å². The molecule has 12 nitrogen and oxygen atoms in total. The maximum Gasteiger partial charge on any atom is 0.403 e. The molecule has 39 heavy (non-hydrogen) atoms. The number of benzene rings is 2. The van der Waals surface area contributed by atoms with Crippen LogP contribution in [0.25, 0.3) is 0 Å². The van der Waals surface area contributed by atoms with Gasteiger partial charge in [0.25, 0.3) is 0 Å². The molecule has 2 aromatic heterocycles. The Kier molecular flexibility index (Phi) is 11.5. The van der Waals surface area contributed by atoms with E-state index in [4.69, 9.17) is 0 Å². The molecule has 0 atom stereocenters. The molecular weight excluding hydrogens is 539 g/mol. The molecular formula is C25H34Cl2N12. The number of aromatic nitrogens is 6. The molecule has 4 aromatic rings. The molecule has 0 amide bonds. The van der Waals surface area contributed by atoms with Gasteiger partial charge in [-0.05, 0) is 78.0 Å². The molecule has 4 rings (SSSR count). The summed E-state index contributed by atoms with van der Waals surface area (Å²) < 4.78 is 7.03. The molecule has 0 unspecified atom stereocenters. The Morgan fingerprint density at radius 1 is 0.692 bits per heavy atom. The highest BCUT2D eigenvalue weighted by Crippen LogP contribution is 2.25. The first kappa shape index (κ1) is 31.3. The fourth-order valence-electron chi connectivity index (χ4n) is 3.75. The molecule has 2 aromatic carbocycles. The van der Waals surface area contributed by atoms with Crippen molar-refractivity contribution in [3.8, 4) is 0 Å². The molecule has 0 fully saturated rings. The maximum atomic E-state index is 4.39. The number of hydrogen-bond acceptors (Lipinski definition) is 8. The molecule has 0 aliphatic heterocycles. The Morgan fingerprint density at radius 2 is 1.10 bits per heavy atom. The number of nitrogens with one attached hydrogen (secondary N) is 2. The van der Waals surface area contributed by atoms with Crippen molar-refractivity contribution < 1.29 is 33.9 Å². The molecule has 14 heteroatoms. The minimum atomic E-state index is 0. The van der Waals surface area contributed by atoms with Gasteiger partial charge in [0, 0.05) is 34.7 Å². The van der Waals surface area contributed by atoms with Crippen molar-refractivity contribution in [1.82, 2.24) is 19.6 Å². The Bertz CT molecular complexity index is 1290. The van der Waals surface area contributed by atoms with E-state index in [0.29, 0.717) is 11.9 Å². The zero-order valence-electron chi connectivity index (χ0n) is 23.0. The first-order chi connectivity index (χ1) is 17.8. The third-order valence-corrected chi connectivity index (χ3v) is 5.91. The van der Waals surface area contributed by atoms with Gasteiger partial charge in [0.15, 0.2) is 0 Å². The van der Waals surface area contributed by atoms with Crippen LogP contribution in [0.15, 0.2) is 69.5 Å². The van der Waals surface area contributed by atoms with Crippen LogP contribution in [0.1, 0.15) is 17.5 Å². The summed E-state index contributed by atoms with van der Waals surface area (Å²) in [4.78, 5) is 0. The molecule has 2 N–H and O–H groups in total. The Hall–Kier alpha value is -3.90. The van der Waals surface area contributed by atoms with Crippen LogP contribution in [-0.2, 0) is 28.2 Å². The highest BCUT2D eigenvalue weighted by molar-refractivity contribution is 5.57. The average molecular weight is 574 g/mol. The molecule has 0 radical (unpaired) electrons. The van der Waals surface area contributed by atoms with E-state index in [2.05, 4.69) is 53.4 Å². The summed E-state index contributed by atoms with van der Waals surface area (Å²) in [5.74, 6) is 1.37. The van der Waals surface area contributed by atoms with Gasteiger partial charge in [-0.25, -0.2) is 9.13 Å². The first-order valence-electron chi connectivity index (χ1n) is 12.1. The number of rotatable bonds is 10. The van der Waals surface area contributed by atoms with Gasteiger partial charge in [-0.3, -0.25) is 0 Å². The number of halogens is 2. The second kappa shape index (κ2) is 14.3. The number of aryl methyl sites for hydroxylation is 6. The van der Waals surface area contributed by atoms with Crippen molar-refractivity contribution in [3.63, 3.8) is 0 Å². The van der Waals surface area contributed by atoms with Gasteiger partial charge in [-0.1, -0.05) is 10.2 Å². The lowest BCUT2D eigenvalue weighted by molar-refractivity contribution is -0.659. The van der Waals surface area contributed by atoms with Gasteiger partial charge in [0.05, 0.1) is 28.2 Å². The monoisotopic (exact) mass is 572 g/mol. The summed E-state index contributed by atoms with van der Waals surface area (Å²) in [7, 11) is 7.47. The topological polar surface area (TPSA) is 117 Å². The van der Waals surface area contributed by atoms with Gasteiger partial charge in [-0.15, -0.1) is 9.36 Å². The van der Waals surface area contributed by atoms with Gasteiger partial charge in [0.2, 0.25) is 12.7 Å². The van der Waals surface area contributed by atoms with E-state index in [-0.39, 0.29) is 24.8 Å². The number of azo groups is 2. The lowest BCUT2D eigenvalue weighted by Crippen LogP contribution is -3.00. The van der Waals surface area contributed by atoms with Crippen LogP contribution in [0.2, 0.25) is 0 Å². The van der Waals surface area contributed by atoms with E-state index in [1.165, 1.54) is 0 Å². The summed E-state index contributed by atoms with van der Waals surface area (Å²) >= 11 is 0. The van der Waals surface area contributed by atoms with Crippen LogP contribution < -0.4 is 44.6 Å². The highest BCUT2D eigenvalue weighted by Gasteiger charge is 2.13. The Labute approximate surface area is 240 Å². The number of anilines is 2. The third-order valence-electron chi connectivity index (χ3n) is 5.91. The summed E-state index contributed by atoms with van der Waals surface area (Å²) in [5, 5.41) is 32.7. The predicted molar refractivity (Wildman–Crippen MR) is 141 cm³/mol. The van der Waals surface area contributed by atoms with E-state index in [0.717, 1.165) is 53.4 Å². The van der Waals surface area contributed by atoms with E-state index in [9.17, 15) is 0 Å². The highest BCUT2D eigenvalue weighted by atomic mass is 35.5. The van der Waals surface area contributed by atoms with Crippen LogP contribution in [0.4, 0.5) is 34.6 Å². The van der Waals surface area contributed by atoms with Gasteiger partial charge in [0.1, 0.15) is 11.4 Å². The molecule has 0 aliphatic carbocycles. The molecule has 0 bridgehead atoms. The Balaban J connectivity index is 0.00000267. The van der Waals surface area contributed by atoms with E-state index >= 15 is 0 Å². The SMILES string of the molecule is Cc1cc(NCCCNc2ccc(N=Nc3n(C)nc[n+]3C)c(C)c2)ccc1N=Nc1n(C)nc[n+]1C.[Cl-].[Cl-]. The van der Waals surface area contributed by atoms with Gasteiger partial charge < -0.3 is 35.4 Å². The van der Waals surface area contributed by atoms with Crippen molar-refractivity contribution in [2.75, 3.05) is 23.7 Å². The normalized spacial score (nSPS) is 11.0. The minimum absolute atomic E-state index is 0. The lowest BCUT2D eigenvalue weighted by Gasteiger charge is -2.10. The Morgan fingerprint density at radius 3 is 1.44 bits per heavy atom. The third kappa shape index (κ3) is 8.04. The second-order valence-electron chi connectivity index (χ2n) is 8.94. The van der Waals surface area contributed by atoms with Crippen molar-refractivity contribution >= 4 is 34.6 Å². The van der Waals surface area contributed by atoms with Crippen LogP contribution in [0.3, 0.4) is 0 Å². The molecule has 0 aliphatic rings. The van der Waals surface area contributed by atoms with Crippen molar-refractivity contribution in [2.45, 2.75) is 20.3 Å².